The van der Waals surface area contributed by atoms with Gasteiger partial charge in [-0.25, -0.2) is 4.79 Å². The van der Waals surface area contributed by atoms with Crippen LogP contribution in [-0.2, 0) is 4.79 Å². The van der Waals surface area contributed by atoms with Crippen molar-refractivity contribution < 1.29 is 19.5 Å². The van der Waals surface area contributed by atoms with Crippen LogP contribution in [0.3, 0.4) is 0 Å². The number of aromatic carboxylic acids is 1. The maximum Gasteiger partial charge on any atom is 0.337 e. The molecule has 1 fully saturated rings. The fraction of sp³-hybridized carbons (Fsp3) is 0.192. The summed E-state index contributed by atoms with van der Waals surface area (Å²) in [6.07, 6.45) is 3.35. The summed E-state index contributed by atoms with van der Waals surface area (Å²) in [5.74, 6) is -1.78. The molecule has 32 heavy (non-hydrogen) atoms. The second kappa shape index (κ2) is 9.06. The number of carbonyl (C=O) groups is 3. The summed E-state index contributed by atoms with van der Waals surface area (Å²) in [6, 6.07) is 18.2. The van der Waals surface area contributed by atoms with Crippen LogP contribution in [0.15, 0.2) is 66.7 Å². The number of nitrogens with one attached hydrogen (secondary N) is 1. The maximum absolute atomic E-state index is 12.7. The first-order valence-electron chi connectivity index (χ1n) is 10.6. The minimum Gasteiger partial charge on any atom is -0.478 e. The molecular weight excluding hydrogens is 404 g/mol. The summed E-state index contributed by atoms with van der Waals surface area (Å²) < 4.78 is 0. The number of allylic oxidation sites excluding steroid dienone is 1. The second-order valence-corrected chi connectivity index (χ2v) is 7.94. The summed E-state index contributed by atoms with van der Waals surface area (Å²) in [6.45, 7) is 3.21. The lowest BCUT2D eigenvalue weighted by Crippen LogP contribution is -2.27. The predicted molar refractivity (Wildman–Crippen MR) is 125 cm³/mol. The van der Waals surface area contributed by atoms with Crippen molar-refractivity contribution in [3.8, 4) is 0 Å². The Kier molecular flexibility index (Phi) is 6.03. The van der Waals surface area contributed by atoms with Gasteiger partial charge in [-0.2, -0.15) is 0 Å². The van der Waals surface area contributed by atoms with Crippen LogP contribution in [0.2, 0.25) is 0 Å². The molecule has 3 aromatic rings. The highest BCUT2D eigenvalue weighted by atomic mass is 16.4. The molecule has 162 valence electrons. The first kappa shape index (κ1) is 21.3. The summed E-state index contributed by atoms with van der Waals surface area (Å²) >= 11 is 0. The largest absolute Gasteiger partial charge is 0.478 e. The third-order valence-corrected chi connectivity index (χ3v) is 5.70. The smallest absolute Gasteiger partial charge is 0.337 e. The van der Waals surface area contributed by atoms with Crippen molar-refractivity contribution in [2.24, 2.45) is 0 Å². The van der Waals surface area contributed by atoms with E-state index < -0.39 is 11.9 Å². The summed E-state index contributed by atoms with van der Waals surface area (Å²) in [4.78, 5) is 38.8. The van der Waals surface area contributed by atoms with E-state index in [0.717, 1.165) is 34.8 Å². The lowest BCUT2D eigenvalue weighted by Gasteiger charge is -2.16. The third kappa shape index (κ3) is 4.54. The number of fused-ring (bicyclic) bond motifs is 1. The predicted octanol–water partition coefficient (Wildman–Crippen LogP) is 4.82. The molecule has 0 radical (unpaired) electrons. The molecule has 0 aromatic heterocycles. The Labute approximate surface area is 186 Å². The van der Waals surface area contributed by atoms with Crippen LogP contribution in [0.1, 0.15) is 46.0 Å². The Balaban J connectivity index is 1.58. The van der Waals surface area contributed by atoms with Gasteiger partial charge in [0.05, 0.1) is 11.3 Å². The number of rotatable bonds is 5. The molecule has 1 aliphatic heterocycles. The van der Waals surface area contributed by atoms with Gasteiger partial charge < -0.3 is 15.3 Å². The third-order valence-electron chi connectivity index (χ3n) is 5.70. The van der Waals surface area contributed by atoms with Crippen molar-refractivity contribution >= 4 is 39.8 Å². The monoisotopic (exact) mass is 428 g/mol. The van der Waals surface area contributed by atoms with Crippen LogP contribution in [0.5, 0.6) is 0 Å². The van der Waals surface area contributed by atoms with Crippen LogP contribution < -0.4 is 5.32 Å². The molecule has 6 heteroatoms. The van der Waals surface area contributed by atoms with Gasteiger partial charge in [0, 0.05) is 24.7 Å². The Morgan fingerprint density at radius 1 is 0.906 bits per heavy atom. The number of carbonyl (C=O) groups excluding carboxylic acids is 2. The SMILES string of the molecule is CC(=CC(=O)Nc1cc(C(=O)N2CCCC2)ccc1C(=O)O)c1ccc2ccccc2c1. The van der Waals surface area contributed by atoms with Crippen molar-refractivity contribution in [3.05, 3.63) is 83.4 Å². The molecule has 0 saturated carbocycles. The van der Waals surface area contributed by atoms with Gasteiger partial charge in [0.15, 0.2) is 0 Å². The molecule has 0 bridgehead atoms. The molecule has 4 rings (SSSR count). The average molecular weight is 428 g/mol. The molecule has 1 aliphatic rings. The van der Waals surface area contributed by atoms with Crippen molar-refractivity contribution in [2.75, 3.05) is 18.4 Å². The number of carboxylic acid groups (broad SMARTS) is 1. The minimum absolute atomic E-state index is 0.0620. The molecule has 3 aromatic carbocycles. The normalized spacial score (nSPS) is 13.9. The molecular formula is C26H24N2O4. The Morgan fingerprint density at radius 3 is 2.31 bits per heavy atom. The molecule has 1 saturated heterocycles. The van der Waals surface area contributed by atoms with Gasteiger partial charge >= 0.3 is 5.97 Å². The van der Waals surface area contributed by atoms with E-state index in [1.165, 1.54) is 24.3 Å². The van der Waals surface area contributed by atoms with E-state index >= 15 is 0 Å². The summed E-state index contributed by atoms with van der Waals surface area (Å²) in [5, 5.41) is 14.3. The lowest BCUT2D eigenvalue weighted by atomic mass is 10.0. The quantitative estimate of drug-likeness (QED) is 0.571. The first-order chi connectivity index (χ1) is 15.4. The van der Waals surface area contributed by atoms with Crippen LogP contribution in [0, 0.1) is 0 Å². The van der Waals surface area contributed by atoms with Crippen LogP contribution in [-0.4, -0.2) is 40.9 Å². The maximum atomic E-state index is 12.7. The van der Waals surface area contributed by atoms with Gasteiger partial charge in [0.2, 0.25) is 5.91 Å². The topological polar surface area (TPSA) is 86.7 Å². The number of nitrogens with zero attached hydrogens (tertiary/aromatic N) is 1. The van der Waals surface area contributed by atoms with E-state index in [4.69, 9.17) is 0 Å². The number of hydrogen-bond donors (Lipinski definition) is 2. The van der Waals surface area contributed by atoms with E-state index in [1.807, 2.05) is 49.4 Å². The molecule has 2 amide bonds. The molecule has 0 atom stereocenters. The molecule has 2 N–H and O–H groups in total. The number of hydrogen-bond acceptors (Lipinski definition) is 3. The first-order valence-corrected chi connectivity index (χ1v) is 10.6. The van der Waals surface area contributed by atoms with Crippen molar-refractivity contribution in [1.29, 1.82) is 0 Å². The number of amides is 2. The Hall–Kier alpha value is -3.93. The zero-order valence-electron chi connectivity index (χ0n) is 17.8. The van der Waals surface area contributed by atoms with E-state index in [1.54, 1.807) is 4.90 Å². The number of carboxylic acids is 1. The zero-order valence-corrected chi connectivity index (χ0v) is 17.8. The number of anilines is 1. The van der Waals surface area contributed by atoms with Gasteiger partial charge in [0.1, 0.15) is 0 Å². The van der Waals surface area contributed by atoms with Gasteiger partial charge in [0.25, 0.3) is 5.91 Å². The second-order valence-electron chi connectivity index (χ2n) is 7.94. The molecule has 0 unspecified atom stereocenters. The van der Waals surface area contributed by atoms with E-state index in [9.17, 15) is 19.5 Å². The van der Waals surface area contributed by atoms with Gasteiger partial charge in [-0.05, 0) is 65.9 Å². The van der Waals surface area contributed by atoms with E-state index in [-0.39, 0.29) is 17.2 Å². The number of benzene rings is 3. The zero-order chi connectivity index (χ0) is 22.7. The van der Waals surface area contributed by atoms with Crippen molar-refractivity contribution in [1.82, 2.24) is 4.90 Å². The molecule has 0 aliphatic carbocycles. The minimum atomic E-state index is -1.17. The van der Waals surface area contributed by atoms with Gasteiger partial charge in [-0.1, -0.05) is 36.4 Å². The fourth-order valence-corrected chi connectivity index (χ4v) is 3.95. The van der Waals surface area contributed by atoms with E-state index in [2.05, 4.69) is 5.32 Å². The molecule has 0 spiro atoms. The van der Waals surface area contributed by atoms with Crippen LogP contribution in [0.25, 0.3) is 16.3 Å². The highest BCUT2D eigenvalue weighted by Gasteiger charge is 2.21. The highest BCUT2D eigenvalue weighted by molar-refractivity contribution is 6.08. The van der Waals surface area contributed by atoms with Crippen LogP contribution >= 0.6 is 0 Å². The molecule has 1 heterocycles. The van der Waals surface area contributed by atoms with Crippen molar-refractivity contribution in [2.45, 2.75) is 19.8 Å². The fourth-order valence-electron chi connectivity index (χ4n) is 3.95. The molecule has 6 nitrogen and oxygen atoms in total. The summed E-state index contributed by atoms with van der Waals surface area (Å²) in [5.41, 5.74) is 2.05. The highest BCUT2D eigenvalue weighted by Crippen LogP contribution is 2.23. The summed E-state index contributed by atoms with van der Waals surface area (Å²) in [7, 11) is 0. The average Bonchev–Trinajstić information content (AvgIpc) is 3.33. The Morgan fingerprint density at radius 2 is 1.59 bits per heavy atom. The standard InChI is InChI=1S/C26H24N2O4/c1-17(19-9-8-18-6-2-3-7-20(18)15-19)14-24(29)27-23-16-21(10-11-22(23)26(31)32)25(30)28-12-4-5-13-28/h2-3,6-11,14-16H,4-5,12-13H2,1H3,(H,27,29)(H,31,32). The van der Waals surface area contributed by atoms with E-state index in [0.29, 0.717) is 18.7 Å². The van der Waals surface area contributed by atoms with Crippen molar-refractivity contribution in [3.63, 3.8) is 0 Å². The van der Waals surface area contributed by atoms with Gasteiger partial charge in [-0.3, -0.25) is 9.59 Å². The van der Waals surface area contributed by atoms with Crippen LogP contribution in [0.4, 0.5) is 5.69 Å². The number of likely N-dealkylation sites (tertiary alicyclic amines) is 1. The van der Waals surface area contributed by atoms with Gasteiger partial charge in [-0.15, -0.1) is 0 Å². The lowest BCUT2D eigenvalue weighted by molar-refractivity contribution is -0.111. The Bertz CT molecular complexity index is 1240.